The van der Waals surface area contributed by atoms with Crippen LogP contribution in [-0.4, -0.2) is 11.8 Å². The van der Waals surface area contributed by atoms with Gasteiger partial charge < -0.3 is 11.1 Å². The maximum Gasteiger partial charge on any atom is 0.255 e. The standard InChI is InChI=1S/C15H11N3O2/c16-9-10-5-7-11(8-6-10)15(20)18-13-4-2-1-3-12(13)14(17)19/h1-8H,(H2,17,19)(H,18,20). The van der Waals surface area contributed by atoms with Crippen LogP contribution in [0.25, 0.3) is 0 Å². The van der Waals surface area contributed by atoms with Crippen LogP contribution >= 0.6 is 0 Å². The third-order valence-electron chi connectivity index (χ3n) is 2.72. The van der Waals surface area contributed by atoms with E-state index in [-0.39, 0.29) is 11.5 Å². The number of primary amides is 1. The number of nitrogens with zero attached hydrogens (tertiary/aromatic N) is 1. The van der Waals surface area contributed by atoms with E-state index in [1.54, 1.807) is 42.5 Å². The summed E-state index contributed by atoms with van der Waals surface area (Å²) in [5, 5.41) is 11.3. The smallest absolute Gasteiger partial charge is 0.255 e. The Bertz CT molecular complexity index is 700. The molecule has 5 heteroatoms. The van der Waals surface area contributed by atoms with Crippen LogP contribution < -0.4 is 11.1 Å². The second-order valence-electron chi connectivity index (χ2n) is 4.05. The summed E-state index contributed by atoms with van der Waals surface area (Å²) < 4.78 is 0. The van der Waals surface area contributed by atoms with E-state index < -0.39 is 5.91 Å². The van der Waals surface area contributed by atoms with Crippen molar-refractivity contribution < 1.29 is 9.59 Å². The van der Waals surface area contributed by atoms with Crippen molar-refractivity contribution in [3.63, 3.8) is 0 Å². The van der Waals surface area contributed by atoms with Crippen molar-refractivity contribution in [3.05, 3.63) is 65.2 Å². The Labute approximate surface area is 115 Å². The van der Waals surface area contributed by atoms with Crippen LogP contribution in [0.4, 0.5) is 5.69 Å². The summed E-state index contributed by atoms with van der Waals surface area (Å²) in [6.45, 7) is 0. The summed E-state index contributed by atoms with van der Waals surface area (Å²) in [7, 11) is 0. The lowest BCUT2D eigenvalue weighted by Crippen LogP contribution is -2.18. The van der Waals surface area contributed by atoms with Crippen molar-refractivity contribution in [2.45, 2.75) is 0 Å². The highest BCUT2D eigenvalue weighted by Gasteiger charge is 2.11. The SMILES string of the molecule is N#Cc1ccc(C(=O)Nc2ccccc2C(N)=O)cc1. The highest BCUT2D eigenvalue weighted by Crippen LogP contribution is 2.15. The van der Waals surface area contributed by atoms with Gasteiger partial charge in [0.05, 0.1) is 22.9 Å². The summed E-state index contributed by atoms with van der Waals surface area (Å²) in [5.74, 6) is -0.982. The van der Waals surface area contributed by atoms with Crippen LogP contribution in [-0.2, 0) is 0 Å². The number of amides is 2. The van der Waals surface area contributed by atoms with Crippen molar-refractivity contribution in [1.29, 1.82) is 5.26 Å². The molecular formula is C15H11N3O2. The number of rotatable bonds is 3. The minimum Gasteiger partial charge on any atom is -0.366 e. The molecule has 3 N–H and O–H groups in total. The fourth-order valence-electron chi connectivity index (χ4n) is 1.70. The average molecular weight is 265 g/mol. The lowest BCUT2D eigenvalue weighted by molar-refractivity contribution is 0.100. The summed E-state index contributed by atoms with van der Waals surface area (Å²) in [6.07, 6.45) is 0. The number of carbonyl (C=O) groups is 2. The Morgan fingerprint density at radius 2 is 1.70 bits per heavy atom. The molecule has 2 aromatic rings. The third kappa shape index (κ3) is 2.82. The first-order valence-corrected chi connectivity index (χ1v) is 5.82. The van der Waals surface area contributed by atoms with E-state index in [0.717, 1.165) is 0 Å². The van der Waals surface area contributed by atoms with Gasteiger partial charge in [-0.3, -0.25) is 9.59 Å². The predicted molar refractivity (Wildman–Crippen MR) is 74.1 cm³/mol. The van der Waals surface area contributed by atoms with E-state index in [0.29, 0.717) is 16.8 Å². The molecule has 0 aromatic heterocycles. The molecule has 0 aliphatic carbocycles. The summed E-state index contributed by atoms with van der Waals surface area (Å²) in [6, 6.07) is 14.7. The van der Waals surface area contributed by atoms with Crippen molar-refractivity contribution in [1.82, 2.24) is 0 Å². The van der Waals surface area contributed by atoms with Crippen LogP contribution in [0.2, 0.25) is 0 Å². The number of nitrogens with two attached hydrogens (primary N) is 1. The van der Waals surface area contributed by atoms with Crippen LogP contribution in [0.5, 0.6) is 0 Å². The van der Waals surface area contributed by atoms with E-state index in [2.05, 4.69) is 5.32 Å². The van der Waals surface area contributed by atoms with Crippen molar-refractivity contribution in [3.8, 4) is 6.07 Å². The number of hydrogen-bond donors (Lipinski definition) is 2. The largest absolute Gasteiger partial charge is 0.366 e. The minimum atomic E-state index is -0.610. The zero-order valence-electron chi connectivity index (χ0n) is 10.5. The van der Waals surface area contributed by atoms with E-state index in [1.807, 2.05) is 6.07 Å². The van der Waals surface area contributed by atoms with Gasteiger partial charge in [0.15, 0.2) is 0 Å². The van der Waals surface area contributed by atoms with Gasteiger partial charge >= 0.3 is 0 Å². The number of nitriles is 1. The van der Waals surface area contributed by atoms with Crippen molar-refractivity contribution in [2.24, 2.45) is 5.73 Å². The molecule has 5 nitrogen and oxygen atoms in total. The maximum atomic E-state index is 12.0. The molecule has 0 bridgehead atoms. The zero-order valence-corrected chi connectivity index (χ0v) is 10.5. The van der Waals surface area contributed by atoms with Crippen LogP contribution in [0.1, 0.15) is 26.3 Å². The Balaban J connectivity index is 2.23. The number of para-hydroxylation sites is 1. The van der Waals surface area contributed by atoms with Gasteiger partial charge in [-0.1, -0.05) is 12.1 Å². The first kappa shape index (κ1) is 13.3. The van der Waals surface area contributed by atoms with Crippen LogP contribution in [0.15, 0.2) is 48.5 Å². The molecule has 0 saturated carbocycles. The highest BCUT2D eigenvalue weighted by molar-refractivity contribution is 6.08. The Kier molecular flexibility index (Phi) is 3.77. The van der Waals surface area contributed by atoms with Gasteiger partial charge in [-0.15, -0.1) is 0 Å². The predicted octanol–water partition coefficient (Wildman–Crippen LogP) is 1.91. The lowest BCUT2D eigenvalue weighted by Gasteiger charge is -2.08. The molecule has 0 aliphatic heterocycles. The highest BCUT2D eigenvalue weighted by atomic mass is 16.2. The van der Waals surface area contributed by atoms with Crippen LogP contribution in [0, 0.1) is 11.3 Å². The van der Waals surface area contributed by atoms with Gasteiger partial charge in [-0.25, -0.2) is 0 Å². The van der Waals surface area contributed by atoms with Crippen LogP contribution in [0.3, 0.4) is 0 Å². The summed E-state index contributed by atoms with van der Waals surface area (Å²) in [4.78, 5) is 23.3. The fourth-order valence-corrected chi connectivity index (χ4v) is 1.70. The molecule has 2 rings (SSSR count). The van der Waals surface area contributed by atoms with E-state index in [1.165, 1.54) is 6.07 Å². The number of nitrogens with one attached hydrogen (secondary N) is 1. The van der Waals surface area contributed by atoms with Gasteiger partial charge in [-0.05, 0) is 36.4 Å². The maximum absolute atomic E-state index is 12.0. The number of anilines is 1. The second-order valence-corrected chi connectivity index (χ2v) is 4.05. The monoisotopic (exact) mass is 265 g/mol. The number of carbonyl (C=O) groups excluding carboxylic acids is 2. The molecule has 2 amide bonds. The molecule has 0 radical (unpaired) electrons. The molecular weight excluding hydrogens is 254 g/mol. The Morgan fingerprint density at radius 1 is 1.05 bits per heavy atom. The fraction of sp³-hybridized carbons (Fsp3) is 0. The molecule has 20 heavy (non-hydrogen) atoms. The van der Waals surface area contributed by atoms with Gasteiger partial charge in [0.2, 0.25) is 0 Å². The second kappa shape index (κ2) is 5.67. The normalized spacial score (nSPS) is 9.55. The first-order chi connectivity index (χ1) is 9.61. The molecule has 0 fully saturated rings. The van der Waals surface area contributed by atoms with E-state index in [9.17, 15) is 9.59 Å². The average Bonchev–Trinajstić information content (AvgIpc) is 2.47. The van der Waals surface area contributed by atoms with Crippen molar-refractivity contribution >= 4 is 17.5 Å². The molecule has 0 unspecified atom stereocenters. The molecule has 0 aliphatic rings. The Hall–Kier alpha value is -3.13. The summed E-state index contributed by atoms with van der Waals surface area (Å²) >= 11 is 0. The molecule has 0 heterocycles. The molecule has 0 atom stereocenters. The quantitative estimate of drug-likeness (QED) is 0.887. The van der Waals surface area contributed by atoms with E-state index >= 15 is 0 Å². The first-order valence-electron chi connectivity index (χ1n) is 5.82. The Morgan fingerprint density at radius 3 is 2.30 bits per heavy atom. The minimum absolute atomic E-state index is 0.245. The molecule has 98 valence electrons. The topological polar surface area (TPSA) is 96.0 Å². The lowest BCUT2D eigenvalue weighted by atomic mass is 10.1. The molecule has 2 aromatic carbocycles. The molecule has 0 spiro atoms. The van der Waals surface area contributed by atoms with Crippen molar-refractivity contribution in [2.75, 3.05) is 5.32 Å². The summed E-state index contributed by atoms with van der Waals surface area (Å²) in [5.41, 5.74) is 6.70. The van der Waals surface area contributed by atoms with E-state index in [4.69, 9.17) is 11.0 Å². The van der Waals surface area contributed by atoms with Gasteiger partial charge in [0, 0.05) is 5.56 Å². The number of hydrogen-bond acceptors (Lipinski definition) is 3. The van der Waals surface area contributed by atoms with Gasteiger partial charge in [0.1, 0.15) is 0 Å². The zero-order chi connectivity index (χ0) is 14.5. The molecule has 0 saturated heterocycles. The van der Waals surface area contributed by atoms with Gasteiger partial charge in [-0.2, -0.15) is 5.26 Å². The number of benzene rings is 2. The van der Waals surface area contributed by atoms with Gasteiger partial charge in [0.25, 0.3) is 11.8 Å². The third-order valence-corrected chi connectivity index (χ3v) is 2.72.